The van der Waals surface area contributed by atoms with Crippen LogP contribution in [0.15, 0.2) is 0 Å². The van der Waals surface area contributed by atoms with E-state index >= 15 is 0 Å². The molecule has 4 atom stereocenters. The lowest BCUT2D eigenvalue weighted by molar-refractivity contribution is -0.209. The van der Waals surface area contributed by atoms with Crippen molar-refractivity contribution in [1.29, 1.82) is 0 Å². The highest BCUT2D eigenvalue weighted by Crippen LogP contribution is 2.23. The van der Waals surface area contributed by atoms with Gasteiger partial charge in [-0.1, -0.05) is 6.92 Å². The summed E-state index contributed by atoms with van der Waals surface area (Å²) in [5.41, 5.74) is 0. The summed E-state index contributed by atoms with van der Waals surface area (Å²) >= 11 is 0. The molecular formula is C7H14O3. The van der Waals surface area contributed by atoms with Gasteiger partial charge < -0.3 is 14.9 Å². The first kappa shape index (κ1) is 7.98. The molecule has 60 valence electrons. The van der Waals surface area contributed by atoms with E-state index in [0.29, 0.717) is 6.42 Å². The van der Waals surface area contributed by atoms with Crippen molar-refractivity contribution in [2.45, 2.75) is 38.8 Å². The van der Waals surface area contributed by atoms with E-state index in [-0.39, 0.29) is 12.0 Å². The molecule has 0 radical (unpaired) electrons. The number of ether oxygens (including phenoxy) is 1. The van der Waals surface area contributed by atoms with Crippen molar-refractivity contribution in [2.24, 2.45) is 5.92 Å². The predicted octanol–water partition coefficient (Wildman–Crippen LogP) is 0.111. The highest BCUT2D eigenvalue weighted by atomic mass is 16.6. The minimum absolute atomic E-state index is 0.138. The summed E-state index contributed by atoms with van der Waals surface area (Å²) in [5, 5.41) is 18.4. The second-order valence-electron chi connectivity index (χ2n) is 3.00. The number of rotatable bonds is 0. The third-order valence-electron chi connectivity index (χ3n) is 2.01. The average molecular weight is 146 g/mol. The first-order chi connectivity index (χ1) is 4.61. The van der Waals surface area contributed by atoms with E-state index in [1.54, 1.807) is 6.92 Å². The highest BCUT2D eigenvalue weighted by Gasteiger charge is 2.30. The van der Waals surface area contributed by atoms with Crippen LogP contribution in [-0.2, 0) is 4.74 Å². The molecule has 0 aromatic carbocycles. The quantitative estimate of drug-likeness (QED) is 0.510. The Bertz CT molecular complexity index is 103. The van der Waals surface area contributed by atoms with Gasteiger partial charge in [0.1, 0.15) is 0 Å². The summed E-state index contributed by atoms with van der Waals surface area (Å²) in [6.07, 6.45) is -0.818. The molecule has 1 rings (SSSR count). The van der Waals surface area contributed by atoms with E-state index in [4.69, 9.17) is 9.84 Å². The molecule has 10 heavy (non-hydrogen) atoms. The van der Waals surface area contributed by atoms with Crippen LogP contribution in [0.2, 0.25) is 0 Å². The summed E-state index contributed by atoms with van der Waals surface area (Å²) in [4.78, 5) is 0. The Balaban J connectivity index is 2.49. The Morgan fingerprint density at radius 3 is 2.40 bits per heavy atom. The van der Waals surface area contributed by atoms with Gasteiger partial charge in [-0.3, -0.25) is 0 Å². The van der Waals surface area contributed by atoms with Crippen molar-refractivity contribution in [3.05, 3.63) is 0 Å². The molecule has 3 heteroatoms. The Hall–Kier alpha value is -0.120. The molecule has 0 aromatic heterocycles. The van der Waals surface area contributed by atoms with Gasteiger partial charge >= 0.3 is 0 Å². The van der Waals surface area contributed by atoms with Crippen molar-refractivity contribution in [2.75, 3.05) is 0 Å². The standard InChI is InChI=1S/C7H14O3/c1-4-3-6(8)10-5(2)7(4)9/h4-9H,3H2,1-2H3/t4-,5-,6+,7+/m0/s1. The van der Waals surface area contributed by atoms with Crippen molar-refractivity contribution >= 4 is 0 Å². The third kappa shape index (κ3) is 1.48. The molecule has 0 amide bonds. The zero-order valence-corrected chi connectivity index (χ0v) is 6.32. The first-order valence-electron chi connectivity index (χ1n) is 3.63. The average Bonchev–Trinajstić information content (AvgIpc) is 1.82. The van der Waals surface area contributed by atoms with Crippen LogP contribution in [0.5, 0.6) is 0 Å². The smallest absolute Gasteiger partial charge is 0.155 e. The van der Waals surface area contributed by atoms with Crippen LogP contribution in [0.3, 0.4) is 0 Å². The number of aliphatic hydroxyl groups excluding tert-OH is 2. The van der Waals surface area contributed by atoms with Gasteiger partial charge in [0.25, 0.3) is 0 Å². The summed E-state index contributed by atoms with van der Waals surface area (Å²) < 4.78 is 4.97. The van der Waals surface area contributed by atoms with E-state index in [2.05, 4.69) is 0 Å². The molecule has 0 aliphatic carbocycles. The van der Waals surface area contributed by atoms with Crippen LogP contribution < -0.4 is 0 Å². The Morgan fingerprint density at radius 2 is 1.90 bits per heavy atom. The van der Waals surface area contributed by atoms with Crippen LogP contribution >= 0.6 is 0 Å². The zero-order chi connectivity index (χ0) is 7.72. The lowest BCUT2D eigenvalue weighted by atomic mass is 9.94. The molecule has 0 aromatic rings. The van der Waals surface area contributed by atoms with E-state index in [1.165, 1.54) is 0 Å². The Labute approximate surface area is 60.6 Å². The SMILES string of the molecule is C[C@@H]1O[C@@H](O)C[C@H](C)[C@H]1O. The lowest BCUT2D eigenvalue weighted by Gasteiger charge is -2.33. The Morgan fingerprint density at radius 1 is 1.30 bits per heavy atom. The summed E-state index contributed by atoms with van der Waals surface area (Å²) in [5.74, 6) is 0.138. The van der Waals surface area contributed by atoms with Crippen LogP contribution in [0.4, 0.5) is 0 Å². The molecule has 3 nitrogen and oxygen atoms in total. The number of hydrogen-bond acceptors (Lipinski definition) is 3. The molecule has 0 bridgehead atoms. The van der Waals surface area contributed by atoms with Crippen LogP contribution in [0, 0.1) is 5.92 Å². The van der Waals surface area contributed by atoms with Gasteiger partial charge in [-0.05, 0) is 12.8 Å². The maximum absolute atomic E-state index is 9.33. The van der Waals surface area contributed by atoms with Crippen molar-refractivity contribution in [1.82, 2.24) is 0 Å². The maximum atomic E-state index is 9.33. The van der Waals surface area contributed by atoms with Gasteiger partial charge in [-0.25, -0.2) is 0 Å². The molecule has 1 heterocycles. The van der Waals surface area contributed by atoms with Gasteiger partial charge in [-0.2, -0.15) is 0 Å². The lowest BCUT2D eigenvalue weighted by Crippen LogP contribution is -2.42. The molecule has 0 spiro atoms. The van der Waals surface area contributed by atoms with E-state index in [1.807, 2.05) is 6.92 Å². The number of hydrogen-bond donors (Lipinski definition) is 2. The largest absolute Gasteiger partial charge is 0.390 e. The zero-order valence-electron chi connectivity index (χ0n) is 6.32. The fraction of sp³-hybridized carbons (Fsp3) is 1.00. The molecule has 0 unspecified atom stereocenters. The normalized spacial score (nSPS) is 49.2. The fourth-order valence-electron chi connectivity index (χ4n) is 1.30. The highest BCUT2D eigenvalue weighted by molar-refractivity contribution is 4.76. The van der Waals surface area contributed by atoms with Gasteiger partial charge in [0, 0.05) is 6.42 Å². The molecule has 1 fully saturated rings. The first-order valence-corrected chi connectivity index (χ1v) is 3.63. The minimum Gasteiger partial charge on any atom is -0.390 e. The van der Waals surface area contributed by atoms with Crippen molar-refractivity contribution < 1.29 is 14.9 Å². The van der Waals surface area contributed by atoms with Crippen LogP contribution in [-0.4, -0.2) is 28.7 Å². The van der Waals surface area contributed by atoms with E-state index < -0.39 is 12.4 Å². The van der Waals surface area contributed by atoms with Gasteiger partial charge in [-0.15, -0.1) is 0 Å². The minimum atomic E-state index is -0.687. The summed E-state index contributed by atoms with van der Waals surface area (Å²) in [7, 11) is 0. The molecular weight excluding hydrogens is 132 g/mol. The maximum Gasteiger partial charge on any atom is 0.155 e. The fourth-order valence-corrected chi connectivity index (χ4v) is 1.30. The second kappa shape index (κ2) is 2.86. The molecule has 0 saturated carbocycles. The van der Waals surface area contributed by atoms with Gasteiger partial charge in [0.15, 0.2) is 6.29 Å². The molecule has 1 saturated heterocycles. The number of aliphatic hydroxyl groups is 2. The third-order valence-corrected chi connectivity index (χ3v) is 2.01. The summed E-state index contributed by atoms with van der Waals surface area (Å²) in [6, 6.07) is 0. The monoisotopic (exact) mass is 146 g/mol. The van der Waals surface area contributed by atoms with Gasteiger partial charge in [0.05, 0.1) is 12.2 Å². The van der Waals surface area contributed by atoms with Gasteiger partial charge in [0.2, 0.25) is 0 Å². The molecule has 2 N–H and O–H groups in total. The molecule has 1 aliphatic rings. The predicted molar refractivity (Wildman–Crippen MR) is 36.3 cm³/mol. The molecule has 1 aliphatic heterocycles. The van der Waals surface area contributed by atoms with E-state index in [0.717, 1.165) is 0 Å². The summed E-state index contributed by atoms with van der Waals surface area (Å²) in [6.45, 7) is 3.68. The topological polar surface area (TPSA) is 49.7 Å². The van der Waals surface area contributed by atoms with Crippen LogP contribution in [0.25, 0.3) is 0 Å². The Kier molecular flexibility index (Phi) is 2.28. The second-order valence-corrected chi connectivity index (χ2v) is 3.00. The van der Waals surface area contributed by atoms with E-state index in [9.17, 15) is 5.11 Å². The van der Waals surface area contributed by atoms with Crippen molar-refractivity contribution in [3.8, 4) is 0 Å². The van der Waals surface area contributed by atoms with Crippen molar-refractivity contribution in [3.63, 3.8) is 0 Å². The van der Waals surface area contributed by atoms with Crippen LogP contribution in [0.1, 0.15) is 20.3 Å².